The van der Waals surface area contributed by atoms with Crippen LogP contribution in [0.5, 0.6) is 0 Å². The monoisotopic (exact) mass is 303 g/mol. The fourth-order valence-electron chi connectivity index (χ4n) is 1.24. The molecule has 0 aliphatic heterocycles. The van der Waals surface area contributed by atoms with E-state index in [-0.39, 0.29) is 6.04 Å². The molecule has 1 atom stereocenters. The van der Waals surface area contributed by atoms with Gasteiger partial charge in [0, 0.05) is 15.8 Å². The van der Waals surface area contributed by atoms with Crippen LogP contribution in [0.25, 0.3) is 0 Å². The highest BCUT2D eigenvalue weighted by Gasteiger charge is 2.11. The third-order valence-corrected chi connectivity index (χ3v) is 3.63. The van der Waals surface area contributed by atoms with Crippen molar-refractivity contribution in [2.45, 2.75) is 23.9 Å². The summed E-state index contributed by atoms with van der Waals surface area (Å²) in [5, 5.41) is 9.47. The molecule has 2 aromatic rings. The van der Waals surface area contributed by atoms with E-state index in [0.717, 1.165) is 5.56 Å². The molecule has 0 spiro atoms. The summed E-state index contributed by atoms with van der Waals surface area (Å²) in [6, 6.07) is 5.12. The van der Waals surface area contributed by atoms with E-state index < -0.39 is 0 Å². The summed E-state index contributed by atoms with van der Waals surface area (Å²) in [6.07, 6.45) is 0. The molecule has 0 unspecified atom stereocenters. The molecule has 18 heavy (non-hydrogen) atoms. The van der Waals surface area contributed by atoms with Gasteiger partial charge < -0.3 is 10.2 Å². The van der Waals surface area contributed by atoms with Crippen LogP contribution < -0.4 is 5.73 Å². The summed E-state index contributed by atoms with van der Waals surface area (Å²) >= 11 is 13.3. The van der Waals surface area contributed by atoms with E-state index in [2.05, 4.69) is 10.2 Å². The third kappa shape index (κ3) is 3.38. The molecule has 1 aromatic heterocycles. The second kappa shape index (κ2) is 5.93. The zero-order chi connectivity index (χ0) is 13.1. The second-order valence-corrected chi connectivity index (χ2v) is 5.49. The van der Waals surface area contributed by atoms with Crippen LogP contribution in [-0.4, -0.2) is 10.2 Å². The molecular formula is C11H11Cl2N3OS. The van der Waals surface area contributed by atoms with Crippen molar-refractivity contribution < 1.29 is 4.42 Å². The van der Waals surface area contributed by atoms with E-state index in [1.54, 1.807) is 19.1 Å². The Morgan fingerprint density at radius 1 is 1.39 bits per heavy atom. The minimum Gasteiger partial charge on any atom is -0.414 e. The number of nitrogens with two attached hydrogens (primary N) is 1. The minimum absolute atomic E-state index is 0.258. The third-order valence-electron chi connectivity index (χ3n) is 2.18. The molecule has 0 fully saturated rings. The lowest BCUT2D eigenvalue weighted by molar-refractivity contribution is 0.394. The summed E-state index contributed by atoms with van der Waals surface area (Å²) in [6.45, 7) is 1.79. The molecule has 0 aliphatic carbocycles. The average molecular weight is 304 g/mol. The first-order valence-electron chi connectivity index (χ1n) is 5.22. The second-order valence-electron chi connectivity index (χ2n) is 3.72. The maximum atomic E-state index is 6.07. The number of nitrogens with zero attached hydrogens (tertiary/aromatic N) is 2. The maximum absolute atomic E-state index is 6.07. The molecule has 0 saturated carbocycles. The molecule has 96 valence electrons. The molecule has 0 aliphatic rings. The predicted octanol–water partition coefficient (Wildman–Crippen LogP) is 3.69. The molecule has 1 aromatic carbocycles. The normalized spacial score (nSPS) is 12.7. The quantitative estimate of drug-likeness (QED) is 0.873. The number of thioether (sulfide) groups is 1. The van der Waals surface area contributed by atoms with Gasteiger partial charge >= 0.3 is 0 Å². The Balaban J connectivity index is 2.02. The SMILES string of the molecule is C[C@@H](N)c1nnc(SCc2ccc(Cl)cc2Cl)o1. The number of aromatic nitrogens is 2. The predicted molar refractivity (Wildman–Crippen MR) is 72.9 cm³/mol. The van der Waals surface area contributed by atoms with E-state index in [4.69, 9.17) is 33.4 Å². The van der Waals surface area contributed by atoms with Crippen LogP contribution in [0.4, 0.5) is 0 Å². The molecule has 1 heterocycles. The van der Waals surface area contributed by atoms with Crippen LogP contribution in [0.3, 0.4) is 0 Å². The summed E-state index contributed by atoms with van der Waals surface area (Å²) in [4.78, 5) is 0. The molecule has 0 saturated heterocycles. The summed E-state index contributed by atoms with van der Waals surface area (Å²) < 4.78 is 5.38. The van der Waals surface area contributed by atoms with Crippen molar-refractivity contribution in [1.29, 1.82) is 0 Å². The summed E-state index contributed by atoms with van der Waals surface area (Å²) in [7, 11) is 0. The van der Waals surface area contributed by atoms with Crippen molar-refractivity contribution in [3.63, 3.8) is 0 Å². The van der Waals surface area contributed by atoms with Gasteiger partial charge in [0.25, 0.3) is 5.22 Å². The number of hydrogen-bond acceptors (Lipinski definition) is 5. The molecule has 0 bridgehead atoms. The van der Waals surface area contributed by atoms with Gasteiger partial charge in [0.1, 0.15) is 0 Å². The van der Waals surface area contributed by atoms with Gasteiger partial charge in [-0.15, -0.1) is 10.2 Å². The van der Waals surface area contributed by atoms with Crippen molar-refractivity contribution in [3.05, 3.63) is 39.7 Å². The van der Waals surface area contributed by atoms with Crippen LogP contribution in [0.1, 0.15) is 24.4 Å². The first kappa shape index (κ1) is 13.7. The zero-order valence-corrected chi connectivity index (χ0v) is 11.9. The minimum atomic E-state index is -0.258. The topological polar surface area (TPSA) is 64.9 Å². The van der Waals surface area contributed by atoms with Crippen LogP contribution in [0.15, 0.2) is 27.8 Å². The van der Waals surface area contributed by atoms with E-state index in [1.807, 2.05) is 6.07 Å². The first-order chi connectivity index (χ1) is 8.56. The molecule has 7 heteroatoms. The van der Waals surface area contributed by atoms with Gasteiger partial charge in [0.2, 0.25) is 5.89 Å². The smallest absolute Gasteiger partial charge is 0.276 e. The Labute approximate surface area is 119 Å². The Morgan fingerprint density at radius 3 is 2.78 bits per heavy atom. The highest BCUT2D eigenvalue weighted by atomic mass is 35.5. The van der Waals surface area contributed by atoms with Crippen molar-refractivity contribution in [2.75, 3.05) is 0 Å². The maximum Gasteiger partial charge on any atom is 0.276 e. The van der Waals surface area contributed by atoms with Gasteiger partial charge in [-0.3, -0.25) is 0 Å². The fourth-order valence-corrected chi connectivity index (χ4v) is 2.57. The molecule has 0 radical (unpaired) electrons. The Morgan fingerprint density at radius 2 is 2.17 bits per heavy atom. The lowest BCUT2D eigenvalue weighted by Gasteiger charge is -2.02. The van der Waals surface area contributed by atoms with Crippen LogP contribution in [-0.2, 0) is 5.75 Å². The molecule has 4 nitrogen and oxygen atoms in total. The van der Waals surface area contributed by atoms with Crippen molar-refractivity contribution >= 4 is 35.0 Å². The van der Waals surface area contributed by atoms with E-state index in [9.17, 15) is 0 Å². The lowest BCUT2D eigenvalue weighted by Crippen LogP contribution is -2.04. The van der Waals surface area contributed by atoms with E-state index in [1.165, 1.54) is 11.8 Å². The summed E-state index contributed by atoms with van der Waals surface area (Å²) in [5.41, 5.74) is 6.60. The van der Waals surface area contributed by atoms with Crippen LogP contribution in [0, 0.1) is 0 Å². The van der Waals surface area contributed by atoms with Crippen LogP contribution >= 0.6 is 35.0 Å². The standard InChI is InChI=1S/C11H11Cl2N3OS/c1-6(14)10-15-16-11(17-10)18-5-7-2-3-8(12)4-9(7)13/h2-4,6H,5,14H2,1H3/t6-/m1/s1. The molecule has 2 N–H and O–H groups in total. The Kier molecular flexibility index (Phi) is 4.50. The average Bonchev–Trinajstić information content (AvgIpc) is 2.76. The number of hydrogen-bond donors (Lipinski definition) is 1. The molecular weight excluding hydrogens is 293 g/mol. The van der Waals surface area contributed by atoms with Crippen molar-refractivity contribution in [2.24, 2.45) is 5.73 Å². The highest BCUT2D eigenvalue weighted by molar-refractivity contribution is 7.98. The largest absolute Gasteiger partial charge is 0.414 e. The van der Waals surface area contributed by atoms with Crippen LogP contribution in [0.2, 0.25) is 10.0 Å². The van der Waals surface area contributed by atoms with Crippen molar-refractivity contribution in [1.82, 2.24) is 10.2 Å². The highest BCUT2D eigenvalue weighted by Crippen LogP contribution is 2.28. The van der Waals surface area contributed by atoms with Gasteiger partial charge in [-0.05, 0) is 24.6 Å². The van der Waals surface area contributed by atoms with Gasteiger partial charge in [0.05, 0.1) is 6.04 Å². The van der Waals surface area contributed by atoms with Crippen molar-refractivity contribution in [3.8, 4) is 0 Å². The lowest BCUT2D eigenvalue weighted by atomic mass is 10.2. The van der Waals surface area contributed by atoms with Gasteiger partial charge in [-0.2, -0.15) is 0 Å². The molecule has 2 rings (SSSR count). The first-order valence-corrected chi connectivity index (χ1v) is 6.96. The van der Waals surface area contributed by atoms with E-state index >= 15 is 0 Å². The number of benzene rings is 1. The number of rotatable bonds is 4. The zero-order valence-electron chi connectivity index (χ0n) is 9.56. The molecule has 0 amide bonds. The van der Waals surface area contributed by atoms with Gasteiger partial charge in [-0.1, -0.05) is 41.0 Å². The Bertz CT molecular complexity index is 545. The fraction of sp³-hybridized carbons (Fsp3) is 0.273. The summed E-state index contributed by atoms with van der Waals surface area (Å²) in [5.74, 6) is 1.07. The van der Waals surface area contributed by atoms with Gasteiger partial charge in [0.15, 0.2) is 0 Å². The van der Waals surface area contributed by atoms with Gasteiger partial charge in [-0.25, -0.2) is 0 Å². The van der Waals surface area contributed by atoms with E-state index in [0.29, 0.717) is 26.9 Å². The number of halogens is 2. The Hall–Kier alpha value is -0.750.